The first-order chi connectivity index (χ1) is 26.7. The molecule has 0 aromatic rings. The third kappa shape index (κ3) is 45.0. The minimum absolute atomic E-state index is 0.173. The van der Waals surface area contributed by atoms with E-state index in [2.05, 4.69) is 50.3 Å². The molecule has 1 unspecified atom stereocenters. The minimum atomic E-state index is -0.537. The van der Waals surface area contributed by atoms with Crippen molar-refractivity contribution >= 4 is 5.97 Å². The molecule has 4 heteroatoms. The predicted molar refractivity (Wildman–Crippen MR) is 237 cm³/mol. The summed E-state index contributed by atoms with van der Waals surface area (Å²) in [5.41, 5.74) is 0. The van der Waals surface area contributed by atoms with Crippen LogP contribution in [-0.2, 0) is 14.3 Å². The van der Waals surface area contributed by atoms with Crippen molar-refractivity contribution in [3.05, 3.63) is 36.5 Å². The van der Waals surface area contributed by atoms with Gasteiger partial charge in [-0.3, -0.25) is 4.79 Å². The zero-order valence-corrected chi connectivity index (χ0v) is 36.5. The molecule has 0 aromatic carbocycles. The molecule has 1 atom stereocenters. The summed E-state index contributed by atoms with van der Waals surface area (Å²) in [6.07, 6.45) is 60.8. The number of allylic oxidation sites excluding steroid dienone is 6. The van der Waals surface area contributed by atoms with Crippen LogP contribution in [-0.4, -0.2) is 37.0 Å². The van der Waals surface area contributed by atoms with E-state index < -0.39 is 6.10 Å². The fourth-order valence-electron chi connectivity index (χ4n) is 7.10. The number of carbonyl (C=O) groups is 1. The van der Waals surface area contributed by atoms with Gasteiger partial charge in [0, 0.05) is 13.0 Å². The predicted octanol–water partition coefficient (Wildman–Crippen LogP) is 16.0. The monoisotopic (exact) mass is 759 g/mol. The molecule has 1 N–H and O–H groups in total. The van der Waals surface area contributed by atoms with Gasteiger partial charge in [0.05, 0.1) is 13.2 Å². The van der Waals surface area contributed by atoms with Crippen LogP contribution < -0.4 is 0 Å². The molecule has 0 aliphatic heterocycles. The van der Waals surface area contributed by atoms with Crippen molar-refractivity contribution in [1.82, 2.24) is 0 Å². The summed E-state index contributed by atoms with van der Waals surface area (Å²) in [5.74, 6) is -0.200. The Balaban J connectivity index is 3.42. The lowest BCUT2D eigenvalue weighted by atomic mass is 10.0. The van der Waals surface area contributed by atoms with Gasteiger partial charge in [-0.05, 0) is 51.4 Å². The quantitative estimate of drug-likeness (QED) is 0.0382. The summed E-state index contributed by atoms with van der Waals surface area (Å²) in [5, 5.41) is 9.63. The number of ether oxygens (including phenoxy) is 2. The number of hydrogen-bond acceptors (Lipinski definition) is 4. The first-order valence-corrected chi connectivity index (χ1v) is 24.1. The molecule has 0 rings (SSSR count). The van der Waals surface area contributed by atoms with E-state index >= 15 is 0 Å². The Morgan fingerprint density at radius 3 is 1.17 bits per heavy atom. The van der Waals surface area contributed by atoms with E-state index in [0.29, 0.717) is 19.6 Å². The molecule has 0 bridgehead atoms. The average molecular weight is 759 g/mol. The van der Waals surface area contributed by atoms with Gasteiger partial charge in [-0.25, -0.2) is 0 Å². The molecule has 0 amide bonds. The van der Waals surface area contributed by atoms with Gasteiger partial charge >= 0.3 is 5.97 Å². The lowest BCUT2D eigenvalue weighted by molar-refractivity contribution is -0.154. The van der Waals surface area contributed by atoms with Crippen LogP contribution in [0.3, 0.4) is 0 Å². The maximum absolute atomic E-state index is 12.2. The molecule has 0 saturated carbocycles. The largest absolute Gasteiger partial charge is 0.457 e. The van der Waals surface area contributed by atoms with Crippen LogP contribution in [0, 0.1) is 0 Å². The Kier molecular flexibility index (Phi) is 46.5. The van der Waals surface area contributed by atoms with Gasteiger partial charge in [0.1, 0.15) is 6.10 Å². The molecule has 0 aliphatic rings. The molecule has 0 heterocycles. The maximum atomic E-state index is 12.2. The topological polar surface area (TPSA) is 55.8 Å². The average Bonchev–Trinajstić information content (AvgIpc) is 3.18. The van der Waals surface area contributed by atoms with Gasteiger partial charge in [-0.2, -0.15) is 0 Å². The lowest BCUT2D eigenvalue weighted by Gasteiger charge is -2.16. The lowest BCUT2D eigenvalue weighted by Crippen LogP contribution is -2.27. The Labute approximate surface area is 338 Å². The SMILES string of the molecule is CCCCCCC/C=C\C/C=C\C/C=C\CCCCCCCCCOCC(CO)OC(=O)CCCCCCCCCCCCCCCCCCCCCC. The van der Waals surface area contributed by atoms with Gasteiger partial charge in [0.15, 0.2) is 0 Å². The molecular formula is C50H94O4. The normalized spacial score (nSPS) is 12.6. The highest BCUT2D eigenvalue weighted by atomic mass is 16.6. The molecular weight excluding hydrogens is 665 g/mol. The number of rotatable bonds is 45. The van der Waals surface area contributed by atoms with E-state index in [1.165, 1.54) is 199 Å². The van der Waals surface area contributed by atoms with Crippen LogP contribution in [0.1, 0.15) is 251 Å². The first kappa shape index (κ1) is 52.6. The molecule has 0 saturated heterocycles. The van der Waals surface area contributed by atoms with Gasteiger partial charge in [0.25, 0.3) is 0 Å². The van der Waals surface area contributed by atoms with Crippen molar-refractivity contribution in [2.24, 2.45) is 0 Å². The number of aliphatic hydroxyl groups is 1. The summed E-state index contributed by atoms with van der Waals surface area (Å²) in [6.45, 7) is 5.35. The van der Waals surface area contributed by atoms with Crippen LogP contribution in [0.2, 0.25) is 0 Å². The van der Waals surface area contributed by atoms with Crippen LogP contribution in [0.25, 0.3) is 0 Å². The standard InChI is InChI=1S/C50H94O4/c1-3-5-7-9-11-13-15-17-19-21-23-25-26-28-30-32-34-36-38-40-42-44-46-53-48-49(47-51)54-50(52)45-43-41-39-37-35-33-31-29-27-24-22-20-18-16-14-12-10-8-6-4-2/h15,17,21,23,26,28,49,51H,3-14,16,18-20,22,24-25,27,29-48H2,1-2H3/b17-15-,23-21-,28-26-. The number of aliphatic hydroxyl groups excluding tert-OH is 1. The summed E-state index contributed by atoms with van der Waals surface area (Å²) >= 11 is 0. The Morgan fingerprint density at radius 2 is 0.778 bits per heavy atom. The van der Waals surface area contributed by atoms with Gasteiger partial charge in [-0.1, -0.05) is 230 Å². The van der Waals surface area contributed by atoms with Crippen molar-refractivity contribution in [1.29, 1.82) is 0 Å². The summed E-state index contributed by atoms with van der Waals surface area (Å²) in [6, 6.07) is 0. The molecule has 0 radical (unpaired) electrons. The van der Waals surface area contributed by atoms with E-state index in [9.17, 15) is 9.90 Å². The summed E-state index contributed by atoms with van der Waals surface area (Å²) in [7, 11) is 0. The van der Waals surface area contributed by atoms with Crippen molar-refractivity contribution in [2.75, 3.05) is 19.8 Å². The van der Waals surface area contributed by atoms with E-state index in [4.69, 9.17) is 9.47 Å². The zero-order chi connectivity index (χ0) is 39.1. The van der Waals surface area contributed by atoms with Crippen molar-refractivity contribution in [3.63, 3.8) is 0 Å². The summed E-state index contributed by atoms with van der Waals surface area (Å²) < 4.78 is 11.2. The van der Waals surface area contributed by atoms with Crippen molar-refractivity contribution < 1.29 is 19.4 Å². The second-order valence-corrected chi connectivity index (χ2v) is 16.2. The number of unbranched alkanes of at least 4 members (excludes halogenated alkanes) is 31. The Hall–Kier alpha value is -1.39. The second kappa shape index (κ2) is 47.8. The molecule has 0 spiro atoms. The van der Waals surface area contributed by atoms with Crippen molar-refractivity contribution in [2.45, 2.75) is 258 Å². The maximum Gasteiger partial charge on any atom is 0.306 e. The zero-order valence-electron chi connectivity index (χ0n) is 36.5. The highest BCUT2D eigenvalue weighted by molar-refractivity contribution is 5.69. The Morgan fingerprint density at radius 1 is 0.444 bits per heavy atom. The number of carbonyl (C=O) groups excluding carboxylic acids is 1. The fraction of sp³-hybridized carbons (Fsp3) is 0.860. The Bertz CT molecular complexity index is 802. The molecule has 0 aromatic heterocycles. The second-order valence-electron chi connectivity index (χ2n) is 16.2. The van der Waals surface area contributed by atoms with Gasteiger partial charge in [-0.15, -0.1) is 0 Å². The third-order valence-electron chi connectivity index (χ3n) is 10.7. The first-order valence-electron chi connectivity index (χ1n) is 24.1. The van der Waals surface area contributed by atoms with E-state index in [0.717, 1.165) is 32.1 Å². The third-order valence-corrected chi connectivity index (χ3v) is 10.7. The highest BCUT2D eigenvalue weighted by Gasteiger charge is 2.13. The van der Waals surface area contributed by atoms with Gasteiger partial charge in [0.2, 0.25) is 0 Å². The molecule has 54 heavy (non-hydrogen) atoms. The van der Waals surface area contributed by atoms with Crippen molar-refractivity contribution in [3.8, 4) is 0 Å². The fourth-order valence-corrected chi connectivity index (χ4v) is 7.10. The number of esters is 1. The van der Waals surface area contributed by atoms with E-state index in [1.54, 1.807) is 0 Å². The molecule has 0 fully saturated rings. The van der Waals surface area contributed by atoms with E-state index in [1.807, 2.05) is 0 Å². The van der Waals surface area contributed by atoms with Crippen LogP contribution >= 0.6 is 0 Å². The minimum Gasteiger partial charge on any atom is -0.457 e. The smallest absolute Gasteiger partial charge is 0.306 e. The van der Waals surface area contributed by atoms with Crippen LogP contribution in [0.15, 0.2) is 36.5 Å². The molecule has 0 aliphatic carbocycles. The molecule has 4 nitrogen and oxygen atoms in total. The van der Waals surface area contributed by atoms with Gasteiger partial charge < -0.3 is 14.6 Å². The van der Waals surface area contributed by atoms with E-state index in [-0.39, 0.29) is 12.6 Å². The van der Waals surface area contributed by atoms with Crippen LogP contribution in [0.5, 0.6) is 0 Å². The highest BCUT2D eigenvalue weighted by Crippen LogP contribution is 2.16. The van der Waals surface area contributed by atoms with Crippen LogP contribution in [0.4, 0.5) is 0 Å². The number of hydrogen-bond donors (Lipinski definition) is 1. The molecule has 318 valence electrons. The summed E-state index contributed by atoms with van der Waals surface area (Å²) in [4.78, 5) is 12.2.